The number of thioether (sulfide) groups is 1. The van der Waals surface area contributed by atoms with Gasteiger partial charge in [0.2, 0.25) is 5.91 Å². The highest BCUT2D eigenvalue weighted by atomic mass is 32.2. The average molecular weight is 204 g/mol. The lowest BCUT2D eigenvalue weighted by Gasteiger charge is -2.13. The molecule has 0 aliphatic rings. The molecular weight excluding hydrogens is 184 g/mol. The van der Waals surface area contributed by atoms with Crippen LogP contribution in [0.5, 0.6) is 0 Å². The predicted molar refractivity (Wildman–Crippen MR) is 58.8 cm³/mol. The zero-order chi connectivity index (χ0) is 10.3. The van der Waals surface area contributed by atoms with Crippen LogP contribution in [0.1, 0.15) is 20.3 Å². The minimum absolute atomic E-state index is 0.0252. The summed E-state index contributed by atoms with van der Waals surface area (Å²) in [5.41, 5.74) is 5.68. The summed E-state index contributed by atoms with van der Waals surface area (Å²) in [5, 5.41) is 2.80. The van der Waals surface area contributed by atoms with Gasteiger partial charge >= 0.3 is 0 Å². The van der Waals surface area contributed by atoms with E-state index in [2.05, 4.69) is 19.2 Å². The van der Waals surface area contributed by atoms with Crippen LogP contribution in [0.15, 0.2) is 0 Å². The number of carbonyl (C=O) groups is 1. The molecule has 0 aliphatic heterocycles. The predicted octanol–water partition coefficient (Wildman–Crippen LogP) is 0.839. The SMILES string of the molecule is CSCCNC(=O)C(N)CC(C)C. The second-order valence-corrected chi connectivity index (χ2v) is 4.51. The van der Waals surface area contributed by atoms with Crippen LogP contribution < -0.4 is 11.1 Å². The molecule has 0 fully saturated rings. The zero-order valence-corrected chi connectivity index (χ0v) is 9.49. The third-order valence-electron chi connectivity index (χ3n) is 1.67. The summed E-state index contributed by atoms with van der Waals surface area (Å²) in [5.74, 6) is 1.39. The number of rotatable bonds is 6. The van der Waals surface area contributed by atoms with E-state index in [0.717, 1.165) is 12.2 Å². The van der Waals surface area contributed by atoms with E-state index in [0.29, 0.717) is 12.5 Å². The van der Waals surface area contributed by atoms with E-state index in [9.17, 15) is 4.79 Å². The molecule has 13 heavy (non-hydrogen) atoms. The Morgan fingerprint density at radius 2 is 2.15 bits per heavy atom. The Hall–Kier alpha value is -0.220. The number of nitrogens with one attached hydrogen (secondary N) is 1. The number of carbonyl (C=O) groups excluding carboxylic acids is 1. The molecule has 0 aromatic heterocycles. The van der Waals surface area contributed by atoms with Gasteiger partial charge in [0.1, 0.15) is 0 Å². The first-order chi connectivity index (χ1) is 6.07. The minimum Gasteiger partial charge on any atom is -0.354 e. The van der Waals surface area contributed by atoms with Gasteiger partial charge in [0.25, 0.3) is 0 Å². The van der Waals surface area contributed by atoms with Gasteiger partial charge in [0, 0.05) is 12.3 Å². The maximum Gasteiger partial charge on any atom is 0.236 e. The molecule has 3 N–H and O–H groups in total. The molecule has 0 spiro atoms. The van der Waals surface area contributed by atoms with E-state index < -0.39 is 0 Å². The van der Waals surface area contributed by atoms with Crippen LogP contribution in [0.4, 0.5) is 0 Å². The van der Waals surface area contributed by atoms with Gasteiger partial charge in [-0.25, -0.2) is 0 Å². The van der Waals surface area contributed by atoms with Crippen molar-refractivity contribution in [1.82, 2.24) is 5.32 Å². The molecule has 0 aromatic carbocycles. The maximum absolute atomic E-state index is 11.3. The topological polar surface area (TPSA) is 55.1 Å². The van der Waals surface area contributed by atoms with Gasteiger partial charge in [-0.15, -0.1) is 0 Å². The molecule has 3 nitrogen and oxygen atoms in total. The van der Waals surface area contributed by atoms with E-state index in [1.54, 1.807) is 11.8 Å². The summed E-state index contributed by atoms with van der Waals surface area (Å²) in [4.78, 5) is 11.3. The minimum atomic E-state index is -0.346. The van der Waals surface area contributed by atoms with Gasteiger partial charge < -0.3 is 11.1 Å². The lowest BCUT2D eigenvalue weighted by Crippen LogP contribution is -2.42. The second-order valence-electron chi connectivity index (χ2n) is 3.52. The van der Waals surface area contributed by atoms with Crippen LogP contribution in [-0.4, -0.2) is 30.5 Å². The summed E-state index contributed by atoms with van der Waals surface area (Å²) < 4.78 is 0. The Morgan fingerprint density at radius 3 is 2.62 bits per heavy atom. The molecular formula is C9H20N2OS. The first kappa shape index (κ1) is 12.8. The lowest BCUT2D eigenvalue weighted by atomic mass is 10.0. The Morgan fingerprint density at radius 1 is 1.54 bits per heavy atom. The highest BCUT2D eigenvalue weighted by Crippen LogP contribution is 2.02. The Kier molecular flexibility index (Phi) is 7.09. The molecule has 0 radical (unpaired) electrons. The summed E-state index contributed by atoms with van der Waals surface area (Å²) >= 11 is 1.71. The van der Waals surface area contributed by atoms with E-state index in [-0.39, 0.29) is 11.9 Å². The highest BCUT2D eigenvalue weighted by Gasteiger charge is 2.13. The van der Waals surface area contributed by atoms with Gasteiger partial charge in [-0.05, 0) is 18.6 Å². The fourth-order valence-electron chi connectivity index (χ4n) is 1.02. The molecule has 1 amide bonds. The molecule has 0 bridgehead atoms. The second kappa shape index (κ2) is 7.21. The molecule has 4 heteroatoms. The van der Waals surface area contributed by atoms with Crippen LogP contribution >= 0.6 is 11.8 Å². The summed E-state index contributed by atoms with van der Waals surface area (Å²) in [6.07, 6.45) is 2.77. The lowest BCUT2D eigenvalue weighted by molar-refractivity contribution is -0.122. The molecule has 0 aromatic rings. The van der Waals surface area contributed by atoms with Crippen molar-refractivity contribution in [2.45, 2.75) is 26.3 Å². The zero-order valence-electron chi connectivity index (χ0n) is 8.67. The molecule has 1 unspecified atom stereocenters. The molecule has 0 aliphatic carbocycles. The quantitative estimate of drug-likeness (QED) is 0.630. The summed E-state index contributed by atoms with van der Waals surface area (Å²) in [7, 11) is 0. The van der Waals surface area contributed by atoms with Crippen molar-refractivity contribution in [1.29, 1.82) is 0 Å². The normalized spacial score (nSPS) is 13.0. The fraction of sp³-hybridized carbons (Fsp3) is 0.889. The third kappa shape index (κ3) is 6.90. The number of hydrogen-bond acceptors (Lipinski definition) is 3. The maximum atomic E-state index is 11.3. The van der Waals surface area contributed by atoms with Gasteiger partial charge in [0.05, 0.1) is 6.04 Å². The molecule has 0 rings (SSSR count). The van der Waals surface area contributed by atoms with E-state index in [1.807, 2.05) is 6.26 Å². The van der Waals surface area contributed by atoms with Crippen LogP contribution in [0, 0.1) is 5.92 Å². The van der Waals surface area contributed by atoms with Gasteiger partial charge in [0.15, 0.2) is 0 Å². The summed E-state index contributed by atoms with van der Waals surface area (Å²) in [6, 6.07) is -0.346. The van der Waals surface area contributed by atoms with Gasteiger partial charge in [-0.2, -0.15) is 11.8 Å². The molecule has 0 saturated carbocycles. The van der Waals surface area contributed by atoms with Crippen molar-refractivity contribution >= 4 is 17.7 Å². The van der Waals surface area contributed by atoms with Crippen molar-refractivity contribution in [3.63, 3.8) is 0 Å². The van der Waals surface area contributed by atoms with Crippen molar-refractivity contribution in [3.05, 3.63) is 0 Å². The largest absolute Gasteiger partial charge is 0.354 e. The van der Waals surface area contributed by atoms with Crippen molar-refractivity contribution in [3.8, 4) is 0 Å². The standard InChI is InChI=1S/C9H20N2OS/c1-7(2)6-8(10)9(12)11-4-5-13-3/h7-8H,4-6,10H2,1-3H3,(H,11,12). The van der Waals surface area contributed by atoms with Crippen LogP contribution in [0.25, 0.3) is 0 Å². The smallest absolute Gasteiger partial charge is 0.236 e. The van der Waals surface area contributed by atoms with Gasteiger partial charge in [-0.1, -0.05) is 13.8 Å². The number of nitrogens with two attached hydrogens (primary N) is 1. The Labute approximate surface area is 84.8 Å². The first-order valence-corrected chi connectivity index (χ1v) is 5.99. The van der Waals surface area contributed by atoms with Crippen LogP contribution in [-0.2, 0) is 4.79 Å². The molecule has 0 saturated heterocycles. The first-order valence-electron chi connectivity index (χ1n) is 4.60. The summed E-state index contributed by atoms with van der Waals surface area (Å²) in [6.45, 7) is 4.84. The fourth-order valence-corrected chi connectivity index (χ4v) is 1.33. The molecule has 78 valence electrons. The Balaban J connectivity index is 3.57. The van der Waals surface area contributed by atoms with Crippen LogP contribution in [0.2, 0.25) is 0 Å². The average Bonchev–Trinajstić information content (AvgIpc) is 2.03. The van der Waals surface area contributed by atoms with E-state index in [4.69, 9.17) is 5.73 Å². The molecule has 0 heterocycles. The van der Waals surface area contributed by atoms with Crippen LogP contribution in [0.3, 0.4) is 0 Å². The van der Waals surface area contributed by atoms with Crippen molar-refractivity contribution < 1.29 is 4.79 Å². The van der Waals surface area contributed by atoms with Gasteiger partial charge in [-0.3, -0.25) is 4.79 Å². The highest BCUT2D eigenvalue weighted by molar-refractivity contribution is 7.98. The number of amides is 1. The van der Waals surface area contributed by atoms with E-state index >= 15 is 0 Å². The van der Waals surface area contributed by atoms with Crippen molar-refractivity contribution in [2.24, 2.45) is 11.7 Å². The number of hydrogen-bond donors (Lipinski definition) is 2. The molecule has 1 atom stereocenters. The monoisotopic (exact) mass is 204 g/mol. The third-order valence-corrected chi connectivity index (χ3v) is 2.28. The Bertz CT molecular complexity index is 151. The van der Waals surface area contributed by atoms with Crippen molar-refractivity contribution in [2.75, 3.05) is 18.6 Å². The van der Waals surface area contributed by atoms with E-state index in [1.165, 1.54) is 0 Å².